The van der Waals surface area contributed by atoms with Crippen molar-refractivity contribution in [3.05, 3.63) is 0 Å². The summed E-state index contributed by atoms with van der Waals surface area (Å²) in [6.07, 6.45) is 4.01. The van der Waals surface area contributed by atoms with Gasteiger partial charge in [-0.3, -0.25) is 4.79 Å². The maximum Gasteiger partial charge on any atom is 0.306 e. The zero-order valence-corrected chi connectivity index (χ0v) is 5.76. The van der Waals surface area contributed by atoms with E-state index in [1.165, 1.54) is 0 Å². The molecule has 0 aromatic heterocycles. The van der Waals surface area contributed by atoms with E-state index in [1.54, 1.807) is 0 Å². The minimum absolute atomic E-state index is 0. The Balaban J connectivity index is 0.000000640. The Labute approximate surface area is 66.8 Å². The molecule has 47 valence electrons. The van der Waals surface area contributed by atoms with Crippen molar-refractivity contribution >= 4 is 24.8 Å². The van der Waals surface area contributed by atoms with Crippen LogP contribution in [0.5, 0.6) is 0 Å². The molecular formula is C6H10LiO2. The third-order valence-electron chi connectivity index (χ3n) is 1.70. The van der Waals surface area contributed by atoms with Crippen molar-refractivity contribution in [2.45, 2.75) is 25.7 Å². The quantitative estimate of drug-likeness (QED) is 0.523. The van der Waals surface area contributed by atoms with E-state index in [1.807, 2.05) is 0 Å². The van der Waals surface area contributed by atoms with Crippen LogP contribution in [0.15, 0.2) is 0 Å². The number of carboxylic acids is 1. The average Bonchev–Trinajstić information content (AvgIpc) is 2.12. The molecule has 1 rings (SSSR count). The van der Waals surface area contributed by atoms with Gasteiger partial charge in [0.15, 0.2) is 0 Å². The summed E-state index contributed by atoms with van der Waals surface area (Å²) in [5.74, 6) is -0.627. The number of hydrogen-bond acceptors (Lipinski definition) is 1. The summed E-state index contributed by atoms with van der Waals surface area (Å²) >= 11 is 0. The van der Waals surface area contributed by atoms with E-state index in [0.29, 0.717) is 0 Å². The van der Waals surface area contributed by atoms with E-state index >= 15 is 0 Å². The van der Waals surface area contributed by atoms with Gasteiger partial charge in [0.2, 0.25) is 0 Å². The molecule has 3 heteroatoms. The van der Waals surface area contributed by atoms with E-state index < -0.39 is 5.97 Å². The van der Waals surface area contributed by atoms with Crippen LogP contribution in [-0.2, 0) is 4.79 Å². The third-order valence-corrected chi connectivity index (χ3v) is 1.70. The zero-order valence-electron chi connectivity index (χ0n) is 5.76. The third kappa shape index (κ3) is 2.42. The summed E-state index contributed by atoms with van der Waals surface area (Å²) in [5, 5.41) is 8.41. The molecule has 1 aliphatic rings. The molecule has 1 aliphatic carbocycles. The minimum Gasteiger partial charge on any atom is -0.481 e. The van der Waals surface area contributed by atoms with Crippen LogP contribution in [0.25, 0.3) is 0 Å². The first-order valence-electron chi connectivity index (χ1n) is 3.03. The molecule has 0 amide bonds. The van der Waals surface area contributed by atoms with Crippen molar-refractivity contribution in [1.82, 2.24) is 0 Å². The Kier molecular flexibility index (Phi) is 4.01. The van der Waals surface area contributed by atoms with E-state index in [0.717, 1.165) is 25.7 Å². The molecule has 0 aromatic carbocycles. The van der Waals surface area contributed by atoms with Crippen molar-refractivity contribution in [3.63, 3.8) is 0 Å². The second-order valence-corrected chi connectivity index (χ2v) is 2.32. The maximum atomic E-state index is 10.2. The number of aliphatic carboxylic acids is 1. The molecule has 0 unspecified atom stereocenters. The molecule has 1 saturated carbocycles. The topological polar surface area (TPSA) is 37.3 Å². The summed E-state index contributed by atoms with van der Waals surface area (Å²) in [7, 11) is 0. The molecule has 9 heavy (non-hydrogen) atoms. The average molecular weight is 121 g/mol. The summed E-state index contributed by atoms with van der Waals surface area (Å²) < 4.78 is 0. The molecular weight excluding hydrogens is 111 g/mol. The number of carboxylic acid groups (broad SMARTS) is 1. The Morgan fingerprint density at radius 3 is 2.00 bits per heavy atom. The molecule has 0 atom stereocenters. The van der Waals surface area contributed by atoms with Crippen LogP contribution in [0, 0.1) is 5.92 Å². The SMILES string of the molecule is O=C(O)C1CCCC1.[Li]. The smallest absolute Gasteiger partial charge is 0.306 e. The van der Waals surface area contributed by atoms with E-state index in [4.69, 9.17) is 5.11 Å². The van der Waals surface area contributed by atoms with Crippen molar-refractivity contribution in [2.75, 3.05) is 0 Å². The largest absolute Gasteiger partial charge is 0.481 e. The number of hydrogen-bond donors (Lipinski definition) is 1. The van der Waals surface area contributed by atoms with Crippen molar-refractivity contribution in [2.24, 2.45) is 5.92 Å². The molecule has 0 saturated heterocycles. The van der Waals surface area contributed by atoms with Crippen LogP contribution in [-0.4, -0.2) is 29.9 Å². The molecule has 1 radical (unpaired) electrons. The molecule has 0 aromatic rings. The van der Waals surface area contributed by atoms with Crippen LogP contribution in [0.1, 0.15) is 25.7 Å². The van der Waals surface area contributed by atoms with E-state index in [9.17, 15) is 4.79 Å². The second-order valence-electron chi connectivity index (χ2n) is 2.32. The van der Waals surface area contributed by atoms with Gasteiger partial charge in [0.05, 0.1) is 5.92 Å². The minimum atomic E-state index is -0.609. The Morgan fingerprint density at radius 2 is 1.78 bits per heavy atom. The van der Waals surface area contributed by atoms with E-state index in [-0.39, 0.29) is 24.8 Å². The van der Waals surface area contributed by atoms with Gasteiger partial charge in [0, 0.05) is 18.9 Å². The second kappa shape index (κ2) is 3.98. The summed E-state index contributed by atoms with van der Waals surface area (Å²) in [4.78, 5) is 10.2. The number of rotatable bonds is 1. The molecule has 1 N–H and O–H groups in total. The van der Waals surface area contributed by atoms with Crippen LogP contribution in [0.4, 0.5) is 0 Å². The predicted molar refractivity (Wildman–Crippen MR) is 35.3 cm³/mol. The fourth-order valence-corrected chi connectivity index (χ4v) is 1.17. The Bertz CT molecular complexity index is 97.2. The van der Waals surface area contributed by atoms with Crippen molar-refractivity contribution < 1.29 is 9.90 Å². The Hall–Kier alpha value is 0.0674. The van der Waals surface area contributed by atoms with Crippen molar-refractivity contribution in [1.29, 1.82) is 0 Å². The standard InChI is InChI=1S/C6H10O2.Li/c7-6(8)5-3-1-2-4-5;/h5H,1-4H2,(H,7,8);. The first kappa shape index (κ1) is 9.07. The van der Waals surface area contributed by atoms with Gasteiger partial charge in [-0.25, -0.2) is 0 Å². The fraction of sp³-hybridized carbons (Fsp3) is 0.833. The van der Waals surface area contributed by atoms with Crippen LogP contribution >= 0.6 is 0 Å². The molecule has 1 fully saturated rings. The molecule has 0 spiro atoms. The molecule has 0 heterocycles. The normalized spacial score (nSPS) is 19.1. The van der Waals surface area contributed by atoms with Gasteiger partial charge in [0.1, 0.15) is 0 Å². The summed E-state index contributed by atoms with van der Waals surface area (Å²) in [6.45, 7) is 0. The van der Waals surface area contributed by atoms with Gasteiger partial charge in [-0.1, -0.05) is 12.8 Å². The summed E-state index contributed by atoms with van der Waals surface area (Å²) in [5.41, 5.74) is 0. The van der Waals surface area contributed by atoms with Gasteiger partial charge in [-0.15, -0.1) is 0 Å². The van der Waals surface area contributed by atoms with E-state index in [2.05, 4.69) is 0 Å². The van der Waals surface area contributed by atoms with Gasteiger partial charge in [-0.2, -0.15) is 0 Å². The van der Waals surface area contributed by atoms with Crippen LogP contribution < -0.4 is 0 Å². The fourth-order valence-electron chi connectivity index (χ4n) is 1.17. The van der Waals surface area contributed by atoms with Crippen LogP contribution in [0.2, 0.25) is 0 Å². The molecule has 0 aliphatic heterocycles. The van der Waals surface area contributed by atoms with Gasteiger partial charge in [0.25, 0.3) is 0 Å². The monoisotopic (exact) mass is 121 g/mol. The van der Waals surface area contributed by atoms with Gasteiger partial charge >= 0.3 is 5.97 Å². The zero-order chi connectivity index (χ0) is 5.98. The Morgan fingerprint density at radius 1 is 1.33 bits per heavy atom. The molecule has 2 nitrogen and oxygen atoms in total. The van der Waals surface area contributed by atoms with Gasteiger partial charge < -0.3 is 5.11 Å². The van der Waals surface area contributed by atoms with Gasteiger partial charge in [-0.05, 0) is 12.8 Å². The van der Waals surface area contributed by atoms with Crippen LogP contribution in [0.3, 0.4) is 0 Å². The first-order chi connectivity index (χ1) is 3.80. The molecule has 0 bridgehead atoms. The number of carbonyl (C=O) groups is 1. The summed E-state index contributed by atoms with van der Waals surface area (Å²) in [6, 6.07) is 0. The van der Waals surface area contributed by atoms with Crippen molar-refractivity contribution in [3.8, 4) is 0 Å². The maximum absolute atomic E-state index is 10.2. The predicted octanol–water partition coefficient (Wildman–Crippen LogP) is 0.880. The first-order valence-corrected chi connectivity index (χ1v) is 3.03.